The molecule has 164 valence electrons. The maximum Gasteiger partial charge on any atom is 0.330 e. The lowest BCUT2D eigenvalue weighted by Crippen LogP contribution is -2.06. The third kappa shape index (κ3) is 7.25. The van der Waals surface area contributed by atoms with Crippen molar-refractivity contribution in [1.82, 2.24) is 0 Å². The normalized spacial score (nSPS) is 10.0. The lowest BCUT2D eigenvalue weighted by molar-refractivity contribution is -0.137. The minimum atomic E-state index is -0.431. The van der Waals surface area contributed by atoms with Crippen molar-refractivity contribution in [3.05, 3.63) is 98.3 Å². The second kappa shape index (κ2) is 11.9. The average molecular weight is 432 g/mol. The van der Waals surface area contributed by atoms with Crippen LogP contribution >= 0.6 is 0 Å². The van der Waals surface area contributed by atoms with Gasteiger partial charge in [0.05, 0.1) is 19.5 Å². The van der Waals surface area contributed by atoms with Gasteiger partial charge in [0, 0.05) is 12.5 Å². The van der Waals surface area contributed by atoms with Crippen molar-refractivity contribution in [2.24, 2.45) is 0 Å². The van der Waals surface area contributed by atoms with E-state index in [0.717, 1.165) is 6.08 Å². The molecule has 6 nitrogen and oxygen atoms in total. The van der Waals surface area contributed by atoms with Crippen LogP contribution in [-0.2, 0) is 9.53 Å². The van der Waals surface area contributed by atoms with E-state index >= 15 is 0 Å². The van der Waals surface area contributed by atoms with Gasteiger partial charge in [-0.05, 0) is 72.8 Å². The Labute approximate surface area is 187 Å². The number of rotatable bonds is 12. The van der Waals surface area contributed by atoms with E-state index in [9.17, 15) is 4.79 Å². The number of benzene rings is 3. The second-order valence-corrected chi connectivity index (χ2v) is 6.48. The zero-order valence-corrected chi connectivity index (χ0v) is 17.6. The smallest absolute Gasteiger partial charge is 0.330 e. The molecule has 3 aromatic rings. The van der Waals surface area contributed by atoms with E-state index in [2.05, 4.69) is 13.2 Å². The highest BCUT2D eigenvalue weighted by molar-refractivity contribution is 5.81. The first kappa shape index (κ1) is 22.5. The topological polar surface area (TPSA) is 63.2 Å². The van der Waals surface area contributed by atoms with Gasteiger partial charge in [0.2, 0.25) is 0 Å². The molecule has 0 spiro atoms. The molecule has 0 atom stereocenters. The summed E-state index contributed by atoms with van der Waals surface area (Å²) in [5, 5.41) is 0. The number of hydrogen-bond donors (Lipinski definition) is 0. The van der Waals surface area contributed by atoms with Crippen molar-refractivity contribution in [2.75, 3.05) is 13.2 Å². The van der Waals surface area contributed by atoms with Crippen LogP contribution in [0.1, 0.15) is 6.42 Å². The highest BCUT2D eigenvalue weighted by atomic mass is 16.5. The van der Waals surface area contributed by atoms with Crippen molar-refractivity contribution in [2.45, 2.75) is 6.42 Å². The van der Waals surface area contributed by atoms with Crippen LogP contribution in [0.3, 0.4) is 0 Å². The highest BCUT2D eigenvalue weighted by Crippen LogP contribution is 2.28. The summed E-state index contributed by atoms with van der Waals surface area (Å²) in [6.45, 7) is 7.60. The lowest BCUT2D eigenvalue weighted by Gasteiger charge is -2.10. The van der Waals surface area contributed by atoms with Gasteiger partial charge >= 0.3 is 5.97 Å². The summed E-state index contributed by atoms with van der Waals surface area (Å²) in [6, 6.07) is 21.9. The molecule has 0 aliphatic carbocycles. The summed E-state index contributed by atoms with van der Waals surface area (Å²) in [5.74, 6) is 3.73. The first-order valence-corrected chi connectivity index (χ1v) is 10.0. The summed E-state index contributed by atoms with van der Waals surface area (Å²) in [7, 11) is 0. The molecular formula is C26H24O6. The van der Waals surface area contributed by atoms with Crippen LogP contribution < -0.4 is 18.9 Å². The average Bonchev–Trinajstić information content (AvgIpc) is 2.82. The minimum absolute atomic E-state index is 0.292. The van der Waals surface area contributed by atoms with Gasteiger partial charge in [-0.3, -0.25) is 0 Å². The summed E-state index contributed by atoms with van der Waals surface area (Å²) in [6.07, 6.45) is 3.11. The Morgan fingerprint density at radius 2 is 1.09 bits per heavy atom. The Balaban J connectivity index is 1.45. The van der Waals surface area contributed by atoms with Crippen LogP contribution in [0.5, 0.6) is 34.5 Å². The van der Waals surface area contributed by atoms with Crippen molar-refractivity contribution in [1.29, 1.82) is 0 Å². The van der Waals surface area contributed by atoms with Gasteiger partial charge in [-0.25, -0.2) is 4.79 Å². The van der Waals surface area contributed by atoms with E-state index in [1.54, 1.807) is 12.1 Å². The molecule has 0 heterocycles. The first-order valence-electron chi connectivity index (χ1n) is 10.0. The van der Waals surface area contributed by atoms with Gasteiger partial charge in [0.15, 0.2) is 0 Å². The summed E-state index contributed by atoms with van der Waals surface area (Å²) >= 11 is 0. The van der Waals surface area contributed by atoms with E-state index in [4.69, 9.17) is 23.7 Å². The fourth-order valence-electron chi connectivity index (χ4n) is 2.61. The van der Waals surface area contributed by atoms with E-state index < -0.39 is 5.97 Å². The molecule has 0 fully saturated rings. The zero-order valence-electron chi connectivity index (χ0n) is 17.6. The molecule has 0 N–H and O–H groups in total. The molecule has 6 heteroatoms. The quantitative estimate of drug-likeness (QED) is 0.145. The molecule has 3 rings (SSSR count). The number of ether oxygens (including phenoxy) is 5. The number of esters is 1. The van der Waals surface area contributed by atoms with Crippen molar-refractivity contribution >= 4 is 5.97 Å². The summed E-state index contributed by atoms with van der Waals surface area (Å²) in [4.78, 5) is 11.0. The Kier molecular flexibility index (Phi) is 8.34. The molecule has 0 aliphatic rings. The summed E-state index contributed by atoms with van der Waals surface area (Å²) < 4.78 is 27.4. The minimum Gasteiger partial charge on any atom is -0.493 e. The molecule has 3 aromatic carbocycles. The Morgan fingerprint density at radius 1 is 0.656 bits per heavy atom. The van der Waals surface area contributed by atoms with Crippen molar-refractivity contribution in [3.63, 3.8) is 0 Å². The van der Waals surface area contributed by atoms with Crippen LogP contribution in [0.25, 0.3) is 0 Å². The van der Waals surface area contributed by atoms with Gasteiger partial charge in [0.1, 0.15) is 34.5 Å². The van der Waals surface area contributed by atoms with Gasteiger partial charge < -0.3 is 23.7 Å². The van der Waals surface area contributed by atoms with Gasteiger partial charge in [-0.1, -0.05) is 13.2 Å². The number of carbonyl (C=O) groups is 1. The monoisotopic (exact) mass is 432 g/mol. The third-order valence-corrected chi connectivity index (χ3v) is 4.13. The van der Waals surface area contributed by atoms with Crippen LogP contribution in [0.15, 0.2) is 98.3 Å². The second-order valence-electron chi connectivity index (χ2n) is 6.48. The molecule has 0 saturated carbocycles. The Bertz CT molecular complexity index is 1010. The largest absolute Gasteiger partial charge is 0.493 e. The third-order valence-electron chi connectivity index (χ3n) is 4.13. The SMILES string of the molecule is C=COc1ccc(Oc2ccc(Oc3ccc(OCCCOC(=O)C=C)cc3)cc2)cc1. The van der Waals surface area contributed by atoms with Gasteiger partial charge in [-0.2, -0.15) is 0 Å². The maximum atomic E-state index is 11.0. The van der Waals surface area contributed by atoms with E-state index in [0.29, 0.717) is 54.1 Å². The lowest BCUT2D eigenvalue weighted by atomic mass is 10.3. The van der Waals surface area contributed by atoms with E-state index in [-0.39, 0.29) is 0 Å². The Morgan fingerprint density at radius 3 is 1.53 bits per heavy atom. The fourth-order valence-corrected chi connectivity index (χ4v) is 2.61. The zero-order chi connectivity index (χ0) is 22.6. The maximum absolute atomic E-state index is 11.0. The highest BCUT2D eigenvalue weighted by Gasteiger charge is 2.02. The van der Waals surface area contributed by atoms with Gasteiger partial charge in [0.25, 0.3) is 0 Å². The molecule has 0 aliphatic heterocycles. The number of hydrogen-bond acceptors (Lipinski definition) is 6. The molecule has 0 saturated heterocycles. The molecule has 0 bridgehead atoms. The van der Waals surface area contributed by atoms with Crippen LogP contribution in [0.2, 0.25) is 0 Å². The molecular weight excluding hydrogens is 408 g/mol. The van der Waals surface area contributed by atoms with Crippen LogP contribution in [0.4, 0.5) is 0 Å². The molecule has 0 amide bonds. The Hall–Kier alpha value is -4.19. The van der Waals surface area contributed by atoms with E-state index in [1.165, 1.54) is 6.26 Å². The van der Waals surface area contributed by atoms with E-state index in [1.807, 2.05) is 60.7 Å². The first-order chi connectivity index (χ1) is 15.7. The predicted molar refractivity (Wildman–Crippen MR) is 122 cm³/mol. The van der Waals surface area contributed by atoms with Crippen LogP contribution in [-0.4, -0.2) is 19.2 Å². The number of carbonyl (C=O) groups excluding carboxylic acids is 1. The van der Waals surface area contributed by atoms with Crippen LogP contribution in [0, 0.1) is 0 Å². The predicted octanol–water partition coefficient (Wildman–Crippen LogP) is 6.29. The summed E-state index contributed by atoms with van der Waals surface area (Å²) in [5.41, 5.74) is 0. The standard InChI is InChI=1S/C26H24O6/c1-3-26(27)30-19-5-18-29-21-8-12-23(13-9-21)32-25-16-14-24(15-17-25)31-22-10-6-20(7-11-22)28-4-2/h3-4,6-17H,1-2,5,18-19H2. The van der Waals surface area contributed by atoms with Gasteiger partial charge in [-0.15, -0.1) is 0 Å². The van der Waals surface area contributed by atoms with Crippen molar-refractivity contribution < 1.29 is 28.5 Å². The molecule has 0 aromatic heterocycles. The van der Waals surface area contributed by atoms with Crippen molar-refractivity contribution in [3.8, 4) is 34.5 Å². The fraction of sp³-hybridized carbons (Fsp3) is 0.115. The molecule has 0 radical (unpaired) electrons. The molecule has 32 heavy (non-hydrogen) atoms. The molecule has 0 unspecified atom stereocenters.